The van der Waals surface area contributed by atoms with Gasteiger partial charge in [-0.2, -0.15) is 13.2 Å². The minimum atomic E-state index is -4.38. The van der Waals surface area contributed by atoms with E-state index in [1.54, 1.807) is 19.1 Å². The summed E-state index contributed by atoms with van der Waals surface area (Å²) in [4.78, 5) is 4.22. The van der Waals surface area contributed by atoms with Crippen molar-refractivity contribution in [3.05, 3.63) is 64.0 Å². The number of halogens is 3. The molecule has 0 amide bonds. The third kappa shape index (κ3) is 3.42. The standard InChI is InChI=1S/C16H16F3NO/c1-9-6-13(16(17,18)19)4-5-14(9)15(21)12-7-10(2)20-11(3)8-12/h4-8,15,21H,1-3H3. The predicted octanol–water partition coefficient (Wildman–Crippen LogP) is 4.11. The van der Waals surface area contributed by atoms with E-state index < -0.39 is 17.8 Å². The molecule has 0 aliphatic heterocycles. The van der Waals surface area contributed by atoms with Crippen LogP contribution in [0, 0.1) is 20.8 Å². The van der Waals surface area contributed by atoms with Gasteiger partial charge in [-0.05, 0) is 61.7 Å². The smallest absolute Gasteiger partial charge is 0.384 e. The molecule has 21 heavy (non-hydrogen) atoms. The zero-order chi connectivity index (χ0) is 15.8. The molecule has 1 aromatic heterocycles. The van der Waals surface area contributed by atoms with Crippen LogP contribution in [0.25, 0.3) is 0 Å². The fourth-order valence-corrected chi connectivity index (χ4v) is 2.36. The Morgan fingerprint density at radius 3 is 2.05 bits per heavy atom. The molecule has 5 heteroatoms. The summed E-state index contributed by atoms with van der Waals surface area (Å²) >= 11 is 0. The van der Waals surface area contributed by atoms with Crippen LogP contribution in [0.4, 0.5) is 13.2 Å². The Morgan fingerprint density at radius 1 is 1.00 bits per heavy atom. The van der Waals surface area contributed by atoms with Crippen LogP contribution in [-0.4, -0.2) is 10.1 Å². The summed E-state index contributed by atoms with van der Waals surface area (Å²) in [5.74, 6) is 0. The van der Waals surface area contributed by atoms with E-state index in [1.165, 1.54) is 6.07 Å². The van der Waals surface area contributed by atoms with Gasteiger partial charge in [0.15, 0.2) is 0 Å². The van der Waals surface area contributed by atoms with Crippen LogP contribution in [0.2, 0.25) is 0 Å². The minimum absolute atomic E-state index is 0.407. The summed E-state index contributed by atoms with van der Waals surface area (Å²) in [6.07, 6.45) is -5.34. The van der Waals surface area contributed by atoms with Crippen molar-refractivity contribution < 1.29 is 18.3 Å². The van der Waals surface area contributed by atoms with Crippen LogP contribution in [0.15, 0.2) is 30.3 Å². The van der Waals surface area contributed by atoms with Gasteiger partial charge in [-0.15, -0.1) is 0 Å². The summed E-state index contributed by atoms with van der Waals surface area (Å²) in [7, 11) is 0. The predicted molar refractivity (Wildman–Crippen MR) is 74.0 cm³/mol. The molecule has 2 rings (SSSR count). The average molecular weight is 295 g/mol. The Morgan fingerprint density at radius 2 is 1.57 bits per heavy atom. The average Bonchev–Trinajstić information content (AvgIpc) is 2.35. The molecule has 0 radical (unpaired) electrons. The van der Waals surface area contributed by atoms with Crippen molar-refractivity contribution in [1.29, 1.82) is 0 Å². The van der Waals surface area contributed by atoms with Crippen LogP contribution in [0.5, 0.6) is 0 Å². The number of alkyl halides is 3. The maximum atomic E-state index is 12.7. The van der Waals surface area contributed by atoms with E-state index in [2.05, 4.69) is 4.98 Å². The molecular weight excluding hydrogens is 279 g/mol. The summed E-state index contributed by atoms with van der Waals surface area (Å²) < 4.78 is 38.0. The van der Waals surface area contributed by atoms with Crippen LogP contribution in [-0.2, 0) is 6.18 Å². The second kappa shape index (κ2) is 5.48. The number of aliphatic hydroxyl groups is 1. The first kappa shape index (κ1) is 15.5. The minimum Gasteiger partial charge on any atom is -0.384 e. The molecule has 1 aromatic carbocycles. The third-order valence-electron chi connectivity index (χ3n) is 3.31. The fraction of sp³-hybridized carbons (Fsp3) is 0.312. The number of aromatic nitrogens is 1. The number of rotatable bonds is 2. The molecule has 0 fully saturated rings. The van der Waals surface area contributed by atoms with Crippen molar-refractivity contribution in [2.75, 3.05) is 0 Å². The number of pyridine rings is 1. The Bertz CT molecular complexity index is 645. The molecule has 0 saturated heterocycles. The van der Waals surface area contributed by atoms with Crippen molar-refractivity contribution in [2.24, 2.45) is 0 Å². The molecule has 0 bridgehead atoms. The molecule has 0 saturated carbocycles. The van der Waals surface area contributed by atoms with Crippen molar-refractivity contribution in [2.45, 2.75) is 33.1 Å². The van der Waals surface area contributed by atoms with Gasteiger partial charge < -0.3 is 5.11 Å². The molecule has 2 aromatic rings. The Balaban J connectivity index is 2.42. The van der Waals surface area contributed by atoms with E-state index in [4.69, 9.17) is 0 Å². The molecule has 0 spiro atoms. The van der Waals surface area contributed by atoms with E-state index in [0.717, 1.165) is 23.5 Å². The number of hydrogen-bond acceptors (Lipinski definition) is 2. The van der Waals surface area contributed by atoms with Gasteiger partial charge in [-0.25, -0.2) is 0 Å². The molecule has 1 atom stereocenters. The highest BCUT2D eigenvalue weighted by Crippen LogP contribution is 2.33. The van der Waals surface area contributed by atoms with Gasteiger partial charge in [0.05, 0.1) is 5.56 Å². The monoisotopic (exact) mass is 295 g/mol. The molecule has 2 nitrogen and oxygen atoms in total. The Labute approximate surface area is 121 Å². The Kier molecular flexibility index (Phi) is 4.05. The molecule has 1 N–H and O–H groups in total. The van der Waals surface area contributed by atoms with Gasteiger partial charge >= 0.3 is 6.18 Å². The second-order valence-electron chi connectivity index (χ2n) is 5.15. The van der Waals surface area contributed by atoms with E-state index >= 15 is 0 Å². The highest BCUT2D eigenvalue weighted by molar-refractivity contribution is 5.39. The van der Waals surface area contributed by atoms with E-state index in [1.807, 2.05) is 13.8 Å². The summed E-state index contributed by atoms with van der Waals surface area (Å²) in [6.45, 7) is 5.18. The van der Waals surface area contributed by atoms with Crippen molar-refractivity contribution >= 4 is 0 Å². The topological polar surface area (TPSA) is 33.1 Å². The largest absolute Gasteiger partial charge is 0.416 e. The van der Waals surface area contributed by atoms with Gasteiger partial charge in [0, 0.05) is 11.4 Å². The summed E-state index contributed by atoms with van der Waals surface area (Å²) in [6, 6.07) is 6.84. The van der Waals surface area contributed by atoms with Crippen LogP contribution in [0.1, 0.15) is 39.7 Å². The van der Waals surface area contributed by atoms with Gasteiger partial charge in [-0.3, -0.25) is 4.98 Å². The molecule has 1 unspecified atom stereocenters. The SMILES string of the molecule is Cc1cc(C(O)c2ccc(C(F)(F)F)cc2C)cc(C)n1. The fourth-order valence-electron chi connectivity index (χ4n) is 2.36. The quantitative estimate of drug-likeness (QED) is 0.904. The normalized spacial score (nSPS) is 13.3. The maximum absolute atomic E-state index is 12.7. The zero-order valence-corrected chi connectivity index (χ0v) is 12.0. The van der Waals surface area contributed by atoms with Gasteiger partial charge in [-0.1, -0.05) is 6.07 Å². The maximum Gasteiger partial charge on any atom is 0.416 e. The first-order valence-electron chi connectivity index (χ1n) is 6.49. The van der Waals surface area contributed by atoms with Crippen molar-refractivity contribution in [1.82, 2.24) is 4.98 Å². The number of nitrogens with zero attached hydrogens (tertiary/aromatic N) is 1. The van der Waals surface area contributed by atoms with Crippen molar-refractivity contribution in [3.8, 4) is 0 Å². The number of benzene rings is 1. The lowest BCUT2D eigenvalue weighted by Crippen LogP contribution is -2.08. The van der Waals surface area contributed by atoms with Crippen LogP contribution >= 0.6 is 0 Å². The first-order chi connectivity index (χ1) is 9.68. The number of hydrogen-bond donors (Lipinski definition) is 1. The number of aliphatic hydroxyl groups excluding tert-OH is 1. The Hall–Kier alpha value is -1.88. The molecular formula is C16H16F3NO. The van der Waals surface area contributed by atoms with Crippen molar-refractivity contribution in [3.63, 3.8) is 0 Å². The van der Waals surface area contributed by atoms with Gasteiger partial charge in [0.25, 0.3) is 0 Å². The first-order valence-corrected chi connectivity index (χ1v) is 6.49. The molecule has 0 aliphatic rings. The molecule has 112 valence electrons. The zero-order valence-electron chi connectivity index (χ0n) is 12.0. The van der Waals surface area contributed by atoms with Crippen LogP contribution in [0.3, 0.4) is 0 Å². The highest BCUT2D eigenvalue weighted by Gasteiger charge is 2.31. The lowest BCUT2D eigenvalue weighted by Gasteiger charge is -2.17. The summed E-state index contributed by atoms with van der Waals surface area (Å²) in [5.41, 5.74) is 2.31. The third-order valence-corrected chi connectivity index (χ3v) is 3.31. The lowest BCUT2D eigenvalue weighted by molar-refractivity contribution is -0.137. The highest BCUT2D eigenvalue weighted by atomic mass is 19.4. The lowest BCUT2D eigenvalue weighted by atomic mass is 9.95. The molecule has 0 aliphatic carbocycles. The van der Waals surface area contributed by atoms with Gasteiger partial charge in [0.1, 0.15) is 6.10 Å². The van der Waals surface area contributed by atoms with E-state index in [-0.39, 0.29) is 0 Å². The molecule has 1 heterocycles. The van der Waals surface area contributed by atoms with E-state index in [9.17, 15) is 18.3 Å². The number of aryl methyl sites for hydroxylation is 3. The second-order valence-corrected chi connectivity index (χ2v) is 5.15. The van der Waals surface area contributed by atoms with Crippen LogP contribution < -0.4 is 0 Å². The van der Waals surface area contributed by atoms with E-state index in [0.29, 0.717) is 16.7 Å². The summed E-state index contributed by atoms with van der Waals surface area (Å²) in [5, 5.41) is 10.4. The van der Waals surface area contributed by atoms with Gasteiger partial charge in [0.2, 0.25) is 0 Å².